The summed E-state index contributed by atoms with van der Waals surface area (Å²) in [5.41, 5.74) is 16.2. The Morgan fingerprint density at radius 1 is 1.16 bits per heavy atom. The first kappa shape index (κ1) is 23.1. The lowest BCUT2D eigenvalue weighted by Gasteiger charge is -2.12. The summed E-state index contributed by atoms with van der Waals surface area (Å²) in [6.07, 6.45) is 5.19. The molecule has 3 aromatic rings. The predicted molar refractivity (Wildman–Crippen MR) is 124 cm³/mol. The molecular weight excluding hydrogens is 394 g/mol. The van der Waals surface area contributed by atoms with E-state index in [0.29, 0.717) is 35.1 Å². The number of hydrogen-bond acceptors (Lipinski definition) is 6. The van der Waals surface area contributed by atoms with Crippen molar-refractivity contribution in [2.24, 2.45) is 5.73 Å². The third-order valence-corrected chi connectivity index (χ3v) is 4.55. The van der Waals surface area contributed by atoms with E-state index in [0.717, 1.165) is 22.3 Å². The second kappa shape index (κ2) is 10.5. The quantitative estimate of drug-likeness (QED) is 0.398. The van der Waals surface area contributed by atoms with Gasteiger partial charge in [0, 0.05) is 30.0 Å². The van der Waals surface area contributed by atoms with Crippen molar-refractivity contribution in [2.45, 2.75) is 6.92 Å². The van der Waals surface area contributed by atoms with Crippen molar-refractivity contribution in [1.82, 2.24) is 14.9 Å². The van der Waals surface area contributed by atoms with Crippen LogP contribution < -0.4 is 26.3 Å². The van der Waals surface area contributed by atoms with E-state index in [1.54, 1.807) is 20.4 Å². The number of nitrogens with zero attached hydrogens (tertiary/aromatic N) is 2. The number of methoxy groups -OCH3 is 2. The molecule has 31 heavy (non-hydrogen) atoms. The van der Waals surface area contributed by atoms with Crippen molar-refractivity contribution in [3.05, 3.63) is 78.8 Å². The van der Waals surface area contributed by atoms with Gasteiger partial charge in [-0.3, -0.25) is 14.3 Å². The molecule has 3 rings (SSSR count). The molecule has 8 nitrogen and oxygen atoms in total. The molecule has 0 saturated heterocycles. The normalized spacial score (nSPS) is 10.9. The molecule has 0 spiro atoms. The van der Waals surface area contributed by atoms with Crippen LogP contribution in [-0.4, -0.2) is 30.2 Å². The molecule has 0 aliphatic rings. The van der Waals surface area contributed by atoms with Gasteiger partial charge >= 0.3 is 0 Å². The number of anilines is 1. The first-order valence-electron chi connectivity index (χ1n) is 9.31. The number of hydrogen-bond donors (Lipinski definition) is 3. The number of amides is 1. The van der Waals surface area contributed by atoms with Gasteiger partial charge in [-0.25, -0.2) is 0 Å². The van der Waals surface area contributed by atoms with Crippen molar-refractivity contribution in [3.8, 4) is 17.2 Å². The van der Waals surface area contributed by atoms with Crippen molar-refractivity contribution in [2.75, 3.05) is 20.0 Å². The molecule has 1 aromatic carbocycles. The highest BCUT2D eigenvalue weighted by Gasteiger charge is 2.15. The monoisotopic (exact) mass is 421 g/mol. The number of carbonyl (C=O) groups excluding carboxylic acids is 1. The van der Waals surface area contributed by atoms with Gasteiger partial charge in [-0.05, 0) is 31.2 Å². The zero-order valence-electron chi connectivity index (χ0n) is 17.9. The molecule has 0 radical (unpaired) electrons. The molecule has 5 N–H and O–H groups in total. The molecule has 0 bridgehead atoms. The molecule has 2 heterocycles. The topological polar surface area (TPSA) is 117 Å². The summed E-state index contributed by atoms with van der Waals surface area (Å²) in [6.45, 7) is 8.84. The van der Waals surface area contributed by atoms with Gasteiger partial charge in [-0.15, -0.1) is 0 Å². The minimum absolute atomic E-state index is 0.405. The van der Waals surface area contributed by atoms with Gasteiger partial charge in [-0.2, -0.15) is 0 Å². The molecule has 2 aromatic heterocycles. The third kappa shape index (κ3) is 5.05. The van der Waals surface area contributed by atoms with E-state index >= 15 is 0 Å². The van der Waals surface area contributed by atoms with Gasteiger partial charge in [0.25, 0.3) is 0 Å². The third-order valence-electron chi connectivity index (χ3n) is 4.55. The summed E-state index contributed by atoms with van der Waals surface area (Å²) in [7, 11) is 3.25. The Hall–Kier alpha value is -4.20. The summed E-state index contributed by atoms with van der Waals surface area (Å²) in [5, 5.41) is 2.37. The number of nitrogen functional groups attached to an aromatic ring is 1. The first-order valence-corrected chi connectivity index (χ1v) is 9.31. The average molecular weight is 422 g/mol. The SMILES string of the molecule is C=C/C(N)=C(\C=C)NC=O.COc1cc(OC)cc(-n2c(N)c(C)c3ncccc32)c1. The Labute approximate surface area is 181 Å². The van der Waals surface area contributed by atoms with Crippen LogP contribution in [-0.2, 0) is 4.79 Å². The van der Waals surface area contributed by atoms with Crippen molar-refractivity contribution in [1.29, 1.82) is 0 Å². The number of nitrogens with one attached hydrogen (secondary N) is 1. The molecule has 8 heteroatoms. The van der Waals surface area contributed by atoms with Crippen LogP contribution in [0.2, 0.25) is 0 Å². The summed E-state index contributed by atoms with van der Waals surface area (Å²) in [5.74, 6) is 2.10. The minimum Gasteiger partial charge on any atom is -0.497 e. The first-order chi connectivity index (χ1) is 14.9. The molecule has 0 aliphatic heterocycles. The number of aryl methyl sites for hydroxylation is 1. The van der Waals surface area contributed by atoms with Crippen LogP contribution in [0.15, 0.2) is 73.2 Å². The standard InChI is InChI=1S/C16H17N3O2.C7H10N2O/c1-10-15-14(5-4-6-18-15)19(16(10)17)11-7-12(20-2)9-13(8-11)21-3;1-3-6(8)7(4-2)9-5-10/h4-9H,17H2,1-3H3;3-5H,1-2,8H2,(H,9,10)/b;7-6-. The maximum absolute atomic E-state index is 9.91. The lowest BCUT2D eigenvalue weighted by molar-refractivity contribution is -0.108. The summed E-state index contributed by atoms with van der Waals surface area (Å²) >= 11 is 0. The number of benzene rings is 1. The van der Waals surface area contributed by atoms with Crippen LogP contribution in [0.4, 0.5) is 5.82 Å². The van der Waals surface area contributed by atoms with Gasteiger partial charge in [-0.1, -0.05) is 13.2 Å². The number of ether oxygens (including phenoxy) is 2. The molecule has 162 valence electrons. The zero-order chi connectivity index (χ0) is 23.0. The van der Waals surface area contributed by atoms with Crippen LogP contribution in [0.5, 0.6) is 11.5 Å². The van der Waals surface area contributed by atoms with E-state index in [4.69, 9.17) is 20.9 Å². The maximum Gasteiger partial charge on any atom is 0.211 e. The fourth-order valence-electron chi connectivity index (χ4n) is 2.92. The Bertz CT molecular complexity index is 1110. The van der Waals surface area contributed by atoms with Crippen LogP contribution in [0.25, 0.3) is 16.7 Å². The molecule has 0 saturated carbocycles. The highest BCUT2D eigenvalue weighted by Crippen LogP contribution is 2.32. The fraction of sp³-hybridized carbons (Fsp3) is 0.130. The largest absolute Gasteiger partial charge is 0.497 e. The second-order valence-corrected chi connectivity index (χ2v) is 6.33. The Kier molecular flexibility index (Phi) is 7.85. The van der Waals surface area contributed by atoms with Crippen LogP contribution >= 0.6 is 0 Å². The fourth-order valence-corrected chi connectivity index (χ4v) is 2.92. The highest BCUT2D eigenvalue weighted by molar-refractivity contribution is 5.87. The number of carbonyl (C=O) groups is 1. The summed E-state index contributed by atoms with van der Waals surface area (Å²) < 4.78 is 12.6. The molecule has 0 fully saturated rings. The van der Waals surface area contributed by atoms with Crippen molar-refractivity contribution in [3.63, 3.8) is 0 Å². The van der Waals surface area contributed by atoms with Gasteiger partial charge in [0.2, 0.25) is 6.41 Å². The van der Waals surface area contributed by atoms with Gasteiger partial charge < -0.3 is 26.3 Å². The summed E-state index contributed by atoms with van der Waals surface area (Å²) in [4.78, 5) is 14.3. The van der Waals surface area contributed by atoms with Gasteiger partial charge in [0.15, 0.2) is 0 Å². The molecule has 0 aliphatic carbocycles. The Morgan fingerprint density at radius 2 is 1.81 bits per heavy atom. The Morgan fingerprint density at radius 3 is 2.32 bits per heavy atom. The number of rotatable bonds is 7. The van der Waals surface area contributed by atoms with E-state index in [2.05, 4.69) is 23.5 Å². The van der Waals surface area contributed by atoms with E-state index in [1.807, 2.05) is 41.8 Å². The summed E-state index contributed by atoms with van der Waals surface area (Å²) in [6, 6.07) is 9.57. The Balaban J connectivity index is 0.000000291. The maximum atomic E-state index is 9.91. The van der Waals surface area contributed by atoms with Gasteiger partial charge in [0.05, 0.1) is 42.3 Å². The molecule has 0 atom stereocenters. The number of fused-ring (bicyclic) bond motifs is 1. The number of aromatic nitrogens is 2. The van der Waals surface area contributed by atoms with Crippen LogP contribution in [0.1, 0.15) is 5.56 Å². The van der Waals surface area contributed by atoms with E-state index in [1.165, 1.54) is 12.2 Å². The number of pyridine rings is 1. The zero-order valence-corrected chi connectivity index (χ0v) is 17.9. The molecular formula is C23H27N5O3. The smallest absolute Gasteiger partial charge is 0.211 e. The van der Waals surface area contributed by atoms with E-state index < -0.39 is 0 Å². The van der Waals surface area contributed by atoms with Crippen LogP contribution in [0.3, 0.4) is 0 Å². The number of nitrogens with two attached hydrogens (primary N) is 2. The van der Waals surface area contributed by atoms with E-state index in [-0.39, 0.29) is 0 Å². The van der Waals surface area contributed by atoms with E-state index in [9.17, 15) is 4.79 Å². The lowest BCUT2D eigenvalue weighted by atomic mass is 10.2. The van der Waals surface area contributed by atoms with Crippen molar-refractivity contribution < 1.29 is 14.3 Å². The molecule has 1 amide bonds. The minimum atomic E-state index is 0.405. The van der Waals surface area contributed by atoms with Crippen molar-refractivity contribution >= 4 is 23.3 Å². The average Bonchev–Trinajstić information content (AvgIpc) is 3.07. The second-order valence-electron chi connectivity index (χ2n) is 6.33. The highest BCUT2D eigenvalue weighted by atomic mass is 16.5. The van der Waals surface area contributed by atoms with Crippen LogP contribution in [0, 0.1) is 6.92 Å². The predicted octanol–water partition coefficient (Wildman–Crippen LogP) is 3.21. The van der Waals surface area contributed by atoms with Gasteiger partial charge in [0.1, 0.15) is 17.3 Å². The lowest BCUT2D eigenvalue weighted by Crippen LogP contribution is -2.13. The number of allylic oxidation sites excluding steroid dienone is 2. The molecule has 0 unspecified atom stereocenters.